The van der Waals surface area contributed by atoms with Crippen LogP contribution in [-0.2, 0) is 4.74 Å². The van der Waals surface area contributed by atoms with Gasteiger partial charge in [-0.15, -0.1) is 0 Å². The predicted octanol–water partition coefficient (Wildman–Crippen LogP) is 0.669. The molecule has 3 N–H and O–H groups in total. The van der Waals surface area contributed by atoms with Crippen LogP contribution in [0.1, 0.15) is 20.3 Å². The molecular weight excluding hydrogens is 166 g/mol. The quantitative estimate of drug-likeness (QED) is 0.455. The van der Waals surface area contributed by atoms with Gasteiger partial charge in [-0.1, -0.05) is 6.92 Å². The Bertz CT molecular complexity index is 150. The molecule has 0 saturated heterocycles. The number of nitrogens with one attached hydrogen (secondary N) is 1. The van der Waals surface area contributed by atoms with Crippen LogP contribution in [0.15, 0.2) is 0 Å². The second kappa shape index (κ2) is 6.86. The van der Waals surface area contributed by atoms with Gasteiger partial charge in [0.15, 0.2) is 0 Å². The van der Waals surface area contributed by atoms with Crippen LogP contribution in [0.2, 0.25) is 0 Å². The summed E-state index contributed by atoms with van der Waals surface area (Å²) in [6.07, 6.45) is 1.07. The molecule has 0 aromatic carbocycles. The Hall–Kier alpha value is -0.610. The van der Waals surface area contributed by atoms with Crippen molar-refractivity contribution in [2.45, 2.75) is 26.3 Å². The SMILES string of the molecule is CCC(C)N(CCOC)CC(=N)N. The fraction of sp³-hybridized carbons (Fsp3) is 0.889. The third-order valence-electron chi connectivity index (χ3n) is 2.17. The normalized spacial score (nSPS) is 13.2. The second-order valence-electron chi connectivity index (χ2n) is 3.25. The average molecular weight is 187 g/mol. The molecule has 1 unspecified atom stereocenters. The van der Waals surface area contributed by atoms with Crippen molar-refractivity contribution >= 4 is 5.84 Å². The summed E-state index contributed by atoms with van der Waals surface area (Å²) in [4.78, 5) is 2.16. The number of ether oxygens (including phenoxy) is 1. The summed E-state index contributed by atoms with van der Waals surface area (Å²) < 4.78 is 5.00. The molecule has 0 amide bonds. The molecule has 4 heteroatoms. The van der Waals surface area contributed by atoms with Gasteiger partial charge in [0.25, 0.3) is 0 Å². The highest BCUT2D eigenvalue weighted by atomic mass is 16.5. The molecule has 0 heterocycles. The van der Waals surface area contributed by atoms with Crippen LogP contribution < -0.4 is 5.73 Å². The largest absolute Gasteiger partial charge is 0.387 e. The molecular formula is C9H21N3O. The molecule has 13 heavy (non-hydrogen) atoms. The molecule has 0 radical (unpaired) electrons. The number of rotatable bonds is 7. The van der Waals surface area contributed by atoms with E-state index < -0.39 is 0 Å². The van der Waals surface area contributed by atoms with Gasteiger partial charge < -0.3 is 10.5 Å². The first-order valence-corrected chi connectivity index (χ1v) is 4.67. The van der Waals surface area contributed by atoms with E-state index in [0.717, 1.165) is 13.0 Å². The van der Waals surface area contributed by atoms with E-state index in [4.69, 9.17) is 15.9 Å². The molecule has 4 nitrogen and oxygen atoms in total. The molecule has 0 aliphatic heterocycles. The highest BCUT2D eigenvalue weighted by Crippen LogP contribution is 2.02. The smallest absolute Gasteiger partial charge is 0.105 e. The van der Waals surface area contributed by atoms with E-state index in [1.807, 2.05) is 0 Å². The van der Waals surface area contributed by atoms with Gasteiger partial charge in [0, 0.05) is 19.7 Å². The van der Waals surface area contributed by atoms with E-state index in [2.05, 4.69) is 18.7 Å². The van der Waals surface area contributed by atoms with Crippen LogP contribution in [0.3, 0.4) is 0 Å². The Labute approximate surface area is 80.6 Å². The van der Waals surface area contributed by atoms with Gasteiger partial charge in [-0.25, -0.2) is 0 Å². The summed E-state index contributed by atoms with van der Waals surface area (Å²) in [7, 11) is 1.68. The summed E-state index contributed by atoms with van der Waals surface area (Å²) in [5.74, 6) is 0.219. The zero-order valence-electron chi connectivity index (χ0n) is 8.84. The van der Waals surface area contributed by atoms with E-state index >= 15 is 0 Å². The Kier molecular flexibility index (Phi) is 6.54. The number of methoxy groups -OCH3 is 1. The molecule has 0 aliphatic carbocycles. The number of amidine groups is 1. The van der Waals surface area contributed by atoms with Gasteiger partial charge in [0.05, 0.1) is 13.2 Å². The van der Waals surface area contributed by atoms with E-state index in [0.29, 0.717) is 19.2 Å². The van der Waals surface area contributed by atoms with Gasteiger partial charge in [-0.3, -0.25) is 10.3 Å². The van der Waals surface area contributed by atoms with Crippen LogP contribution >= 0.6 is 0 Å². The minimum Gasteiger partial charge on any atom is -0.387 e. The Morgan fingerprint density at radius 3 is 2.62 bits per heavy atom. The Balaban J connectivity index is 3.94. The van der Waals surface area contributed by atoms with Crippen molar-refractivity contribution in [3.63, 3.8) is 0 Å². The van der Waals surface area contributed by atoms with Crippen molar-refractivity contribution in [3.05, 3.63) is 0 Å². The van der Waals surface area contributed by atoms with Crippen molar-refractivity contribution < 1.29 is 4.74 Å². The molecule has 0 aliphatic rings. The fourth-order valence-corrected chi connectivity index (χ4v) is 1.14. The van der Waals surface area contributed by atoms with E-state index in [-0.39, 0.29) is 5.84 Å². The topological polar surface area (TPSA) is 62.3 Å². The second-order valence-corrected chi connectivity index (χ2v) is 3.25. The standard InChI is InChI=1S/C9H21N3O/c1-4-8(2)12(5-6-13-3)7-9(10)11/h8H,4-7H2,1-3H3,(H3,10,11). The van der Waals surface area contributed by atoms with Gasteiger partial charge in [-0.05, 0) is 13.3 Å². The van der Waals surface area contributed by atoms with Crippen LogP contribution in [-0.4, -0.2) is 43.6 Å². The van der Waals surface area contributed by atoms with Gasteiger partial charge in [0.1, 0.15) is 5.84 Å². The maximum atomic E-state index is 7.22. The molecule has 0 fully saturated rings. The summed E-state index contributed by atoms with van der Waals surface area (Å²) in [5.41, 5.74) is 5.36. The van der Waals surface area contributed by atoms with Crippen LogP contribution in [0.5, 0.6) is 0 Å². The van der Waals surface area contributed by atoms with E-state index in [1.165, 1.54) is 0 Å². The van der Waals surface area contributed by atoms with Crippen molar-refractivity contribution in [3.8, 4) is 0 Å². The highest BCUT2D eigenvalue weighted by Gasteiger charge is 2.11. The number of hydrogen-bond acceptors (Lipinski definition) is 3. The molecule has 78 valence electrons. The molecule has 0 aromatic heterocycles. The third-order valence-corrected chi connectivity index (χ3v) is 2.17. The minimum atomic E-state index is 0.219. The monoisotopic (exact) mass is 187 g/mol. The molecule has 0 rings (SSSR count). The van der Waals surface area contributed by atoms with Crippen LogP contribution in [0.25, 0.3) is 0 Å². The first-order valence-electron chi connectivity index (χ1n) is 4.67. The van der Waals surface area contributed by atoms with Crippen molar-refractivity contribution in [2.24, 2.45) is 5.73 Å². The summed E-state index contributed by atoms with van der Waals surface area (Å²) in [5, 5.41) is 7.22. The van der Waals surface area contributed by atoms with E-state index in [9.17, 15) is 0 Å². The lowest BCUT2D eigenvalue weighted by atomic mass is 10.2. The lowest BCUT2D eigenvalue weighted by molar-refractivity contribution is 0.134. The van der Waals surface area contributed by atoms with Crippen molar-refractivity contribution in [1.29, 1.82) is 5.41 Å². The van der Waals surface area contributed by atoms with Gasteiger partial charge in [0.2, 0.25) is 0 Å². The Morgan fingerprint density at radius 1 is 1.62 bits per heavy atom. The summed E-state index contributed by atoms with van der Waals surface area (Å²) in [6, 6.07) is 0.457. The molecule has 0 aromatic rings. The fourth-order valence-electron chi connectivity index (χ4n) is 1.14. The van der Waals surface area contributed by atoms with Gasteiger partial charge >= 0.3 is 0 Å². The number of nitrogens with two attached hydrogens (primary N) is 1. The molecule has 0 saturated carbocycles. The average Bonchev–Trinajstić information content (AvgIpc) is 2.10. The van der Waals surface area contributed by atoms with Crippen LogP contribution in [0.4, 0.5) is 0 Å². The van der Waals surface area contributed by atoms with Crippen molar-refractivity contribution in [2.75, 3.05) is 26.8 Å². The first kappa shape index (κ1) is 12.4. The predicted molar refractivity (Wildman–Crippen MR) is 55.1 cm³/mol. The lowest BCUT2D eigenvalue weighted by Gasteiger charge is -2.27. The Morgan fingerprint density at radius 2 is 2.23 bits per heavy atom. The van der Waals surface area contributed by atoms with Gasteiger partial charge in [-0.2, -0.15) is 0 Å². The zero-order valence-corrected chi connectivity index (χ0v) is 8.84. The summed E-state index contributed by atoms with van der Waals surface area (Å²) >= 11 is 0. The number of nitrogens with zero attached hydrogens (tertiary/aromatic N) is 1. The molecule has 0 bridgehead atoms. The zero-order chi connectivity index (χ0) is 10.3. The molecule has 1 atom stereocenters. The highest BCUT2D eigenvalue weighted by molar-refractivity contribution is 5.78. The maximum Gasteiger partial charge on any atom is 0.105 e. The van der Waals surface area contributed by atoms with Crippen molar-refractivity contribution in [1.82, 2.24) is 4.90 Å². The first-order chi connectivity index (χ1) is 6.11. The molecule has 0 spiro atoms. The number of hydrogen-bond donors (Lipinski definition) is 2. The maximum absolute atomic E-state index is 7.22. The van der Waals surface area contributed by atoms with Crippen LogP contribution in [0, 0.1) is 5.41 Å². The summed E-state index contributed by atoms with van der Waals surface area (Å²) in [6.45, 7) is 6.34. The van der Waals surface area contributed by atoms with E-state index in [1.54, 1.807) is 7.11 Å². The minimum absolute atomic E-state index is 0.219. The lowest BCUT2D eigenvalue weighted by Crippen LogP contribution is -2.41. The third kappa shape index (κ3) is 5.60.